The predicted molar refractivity (Wildman–Crippen MR) is 65.9 cm³/mol. The SMILES string of the molecule is CCN1CCCC1CN(C)C(=O)n1ccnc1. The van der Waals surface area contributed by atoms with Gasteiger partial charge in [-0.2, -0.15) is 0 Å². The summed E-state index contributed by atoms with van der Waals surface area (Å²) in [5.74, 6) is 0. The molecule has 1 saturated heterocycles. The molecule has 1 aliphatic heterocycles. The van der Waals surface area contributed by atoms with Crippen molar-refractivity contribution in [3.63, 3.8) is 0 Å². The summed E-state index contributed by atoms with van der Waals surface area (Å²) in [4.78, 5) is 20.1. The van der Waals surface area contributed by atoms with E-state index >= 15 is 0 Å². The molecule has 1 unspecified atom stereocenters. The van der Waals surface area contributed by atoms with E-state index in [1.165, 1.54) is 17.4 Å². The van der Waals surface area contributed by atoms with Crippen LogP contribution in [0.4, 0.5) is 4.79 Å². The molecule has 94 valence electrons. The van der Waals surface area contributed by atoms with E-state index in [-0.39, 0.29) is 6.03 Å². The first-order valence-electron chi connectivity index (χ1n) is 6.20. The fourth-order valence-corrected chi connectivity index (χ4v) is 2.48. The van der Waals surface area contributed by atoms with Crippen LogP contribution in [0.2, 0.25) is 0 Å². The lowest BCUT2D eigenvalue weighted by Crippen LogP contribution is -2.42. The fraction of sp³-hybridized carbons (Fsp3) is 0.667. The van der Waals surface area contributed by atoms with Crippen LogP contribution in [0.3, 0.4) is 0 Å². The van der Waals surface area contributed by atoms with Crippen molar-refractivity contribution in [3.05, 3.63) is 18.7 Å². The molecule has 1 amide bonds. The van der Waals surface area contributed by atoms with E-state index < -0.39 is 0 Å². The first-order chi connectivity index (χ1) is 8.22. The molecule has 1 fully saturated rings. The molecule has 5 heteroatoms. The van der Waals surface area contributed by atoms with Crippen LogP contribution in [0.15, 0.2) is 18.7 Å². The number of hydrogen-bond donors (Lipinski definition) is 0. The summed E-state index contributed by atoms with van der Waals surface area (Å²) >= 11 is 0. The van der Waals surface area contributed by atoms with Crippen molar-refractivity contribution in [2.24, 2.45) is 0 Å². The number of rotatable bonds is 3. The number of aromatic nitrogens is 2. The largest absolute Gasteiger partial charge is 0.329 e. The van der Waals surface area contributed by atoms with E-state index in [1.807, 2.05) is 7.05 Å². The zero-order valence-corrected chi connectivity index (χ0v) is 10.5. The monoisotopic (exact) mass is 236 g/mol. The van der Waals surface area contributed by atoms with E-state index in [1.54, 1.807) is 23.6 Å². The zero-order chi connectivity index (χ0) is 12.3. The zero-order valence-electron chi connectivity index (χ0n) is 10.5. The normalized spacial score (nSPS) is 20.7. The molecule has 0 radical (unpaired) electrons. The summed E-state index contributed by atoms with van der Waals surface area (Å²) in [5, 5.41) is 0. The second-order valence-electron chi connectivity index (χ2n) is 4.56. The van der Waals surface area contributed by atoms with Crippen LogP contribution >= 0.6 is 0 Å². The van der Waals surface area contributed by atoms with Gasteiger partial charge in [-0.3, -0.25) is 9.47 Å². The summed E-state index contributed by atoms with van der Waals surface area (Å²) < 4.78 is 1.52. The highest BCUT2D eigenvalue weighted by Gasteiger charge is 2.25. The maximum Gasteiger partial charge on any atom is 0.329 e. The van der Waals surface area contributed by atoms with Gasteiger partial charge in [-0.05, 0) is 25.9 Å². The molecular weight excluding hydrogens is 216 g/mol. The van der Waals surface area contributed by atoms with E-state index in [2.05, 4.69) is 16.8 Å². The Balaban J connectivity index is 1.92. The van der Waals surface area contributed by atoms with E-state index in [0.29, 0.717) is 6.04 Å². The van der Waals surface area contributed by atoms with Crippen LogP contribution in [0.1, 0.15) is 19.8 Å². The van der Waals surface area contributed by atoms with Crippen molar-refractivity contribution in [2.45, 2.75) is 25.8 Å². The number of likely N-dealkylation sites (N-methyl/N-ethyl adjacent to an activating group) is 2. The number of carbonyl (C=O) groups excluding carboxylic acids is 1. The van der Waals surface area contributed by atoms with Gasteiger partial charge in [0.05, 0.1) is 0 Å². The molecule has 0 bridgehead atoms. The molecule has 1 aliphatic rings. The molecule has 1 aromatic heterocycles. The Bertz CT molecular complexity index is 363. The first-order valence-corrected chi connectivity index (χ1v) is 6.20. The molecule has 1 aromatic rings. The standard InChI is InChI=1S/C12H20N4O/c1-3-15-7-4-5-11(15)9-14(2)12(17)16-8-6-13-10-16/h6,8,10-11H,3-5,7,9H2,1-2H3. The molecule has 0 spiro atoms. The maximum atomic E-state index is 12.0. The second-order valence-corrected chi connectivity index (χ2v) is 4.56. The Hall–Kier alpha value is -1.36. The lowest BCUT2D eigenvalue weighted by molar-refractivity contribution is 0.183. The van der Waals surface area contributed by atoms with Crippen LogP contribution in [0, 0.1) is 0 Å². The van der Waals surface area contributed by atoms with Gasteiger partial charge >= 0.3 is 6.03 Å². The topological polar surface area (TPSA) is 41.4 Å². The second kappa shape index (κ2) is 5.31. The summed E-state index contributed by atoms with van der Waals surface area (Å²) in [7, 11) is 1.86. The molecule has 0 N–H and O–H groups in total. The average Bonchev–Trinajstić information content (AvgIpc) is 2.98. The lowest BCUT2D eigenvalue weighted by atomic mass is 10.2. The first kappa shape index (κ1) is 12.1. The van der Waals surface area contributed by atoms with Crippen LogP contribution in [-0.4, -0.2) is 58.1 Å². The third-order valence-corrected chi connectivity index (χ3v) is 3.44. The van der Waals surface area contributed by atoms with E-state index in [4.69, 9.17) is 0 Å². The van der Waals surface area contributed by atoms with Crippen molar-refractivity contribution in [1.29, 1.82) is 0 Å². The molecule has 5 nitrogen and oxygen atoms in total. The molecule has 0 aromatic carbocycles. The summed E-state index contributed by atoms with van der Waals surface area (Å²) in [5.41, 5.74) is 0. The lowest BCUT2D eigenvalue weighted by Gasteiger charge is -2.27. The van der Waals surface area contributed by atoms with E-state index in [9.17, 15) is 4.79 Å². The van der Waals surface area contributed by atoms with Crippen molar-refractivity contribution in [3.8, 4) is 0 Å². The van der Waals surface area contributed by atoms with Crippen LogP contribution in [-0.2, 0) is 0 Å². The third-order valence-electron chi connectivity index (χ3n) is 3.44. The summed E-state index contributed by atoms with van der Waals surface area (Å²) in [6, 6.07) is 0.503. The molecular formula is C12H20N4O. The highest BCUT2D eigenvalue weighted by molar-refractivity contribution is 5.76. The number of amides is 1. The minimum absolute atomic E-state index is 0.00884. The van der Waals surface area contributed by atoms with Gasteiger partial charge in [-0.15, -0.1) is 0 Å². The van der Waals surface area contributed by atoms with Crippen molar-refractivity contribution in [1.82, 2.24) is 19.4 Å². The smallest absolute Gasteiger partial charge is 0.326 e. The van der Waals surface area contributed by atoms with Gasteiger partial charge in [0, 0.05) is 32.0 Å². The van der Waals surface area contributed by atoms with Gasteiger partial charge in [0.1, 0.15) is 6.33 Å². The Morgan fingerprint density at radius 1 is 1.59 bits per heavy atom. The quantitative estimate of drug-likeness (QED) is 0.793. The Kier molecular flexibility index (Phi) is 3.78. The third kappa shape index (κ3) is 2.66. The minimum Gasteiger partial charge on any atom is -0.326 e. The number of carbonyl (C=O) groups is 1. The predicted octanol–water partition coefficient (Wildman–Crippen LogP) is 1.27. The average molecular weight is 236 g/mol. The van der Waals surface area contributed by atoms with Crippen LogP contribution < -0.4 is 0 Å². The van der Waals surface area contributed by atoms with Crippen molar-refractivity contribution >= 4 is 6.03 Å². The molecule has 1 atom stereocenters. The van der Waals surface area contributed by atoms with Gasteiger partial charge in [0.2, 0.25) is 0 Å². The highest BCUT2D eigenvalue weighted by atomic mass is 16.2. The highest BCUT2D eigenvalue weighted by Crippen LogP contribution is 2.17. The molecule has 2 heterocycles. The number of likely N-dealkylation sites (tertiary alicyclic amines) is 1. The van der Waals surface area contributed by atoms with Crippen LogP contribution in [0.25, 0.3) is 0 Å². The van der Waals surface area contributed by atoms with Gasteiger partial charge in [0.25, 0.3) is 0 Å². The van der Waals surface area contributed by atoms with Crippen molar-refractivity contribution < 1.29 is 4.79 Å². The van der Waals surface area contributed by atoms with E-state index in [0.717, 1.165) is 19.6 Å². The molecule has 0 aliphatic carbocycles. The fourth-order valence-electron chi connectivity index (χ4n) is 2.48. The minimum atomic E-state index is -0.00884. The number of imidazole rings is 1. The Morgan fingerprint density at radius 2 is 2.41 bits per heavy atom. The molecule has 0 saturated carbocycles. The maximum absolute atomic E-state index is 12.0. The van der Waals surface area contributed by atoms with Gasteiger partial charge < -0.3 is 4.90 Å². The van der Waals surface area contributed by atoms with Gasteiger partial charge in [0.15, 0.2) is 0 Å². The molecule has 17 heavy (non-hydrogen) atoms. The summed E-state index contributed by atoms with van der Waals surface area (Å²) in [6.07, 6.45) is 7.29. The Labute approximate surface area is 102 Å². The molecule has 2 rings (SSSR count). The van der Waals surface area contributed by atoms with Gasteiger partial charge in [-0.1, -0.05) is 6.92 Å². The van der Waals surface area contributed by atoms with Crippen LogP contribution in [0.5, 0.6) is 0 Å². The van der Waals surface area contributed by atoms with Gasteiger partial charge in [-0.25, -0.2) is 9.78 Å². The van der Waals surface area contributed by atoms with Crippen molar-refractivity contribution in [2.75, 3.05) is 26.7 Å². The number of hydrogen-bond acceptors (Lipinski definition) is 3. The summed E-state index contributed by atoms with van der Waals surface area (Å²) in [6.45, 7) is 5.20. The number of nitrogens with zero attached hydrogens (tertiary/aromatic N) is 4. The Morgan fingerprint density at radius 3 is 3.06 bits per heavy atom.